The molecule has 0 aliphatic heterocycles. The first-order valence-electron chi connectivity index (χ1n) is 11.6. The largest absolute Gasteiger partial charge is 0.480 e. The van der Waals surface area contributed by atoms with E-state index < -0.39 is 30.1 Å². The molecule has 8 nitrogen and oxygen atoms in total. The first kappa shape index (κ1) is 23.8. The van der Waals surface area contributed by atoms with Gasteiger partial charge in [0.2, 0.25) is 5.91 Å². The van der Waals surface area contributed by atoms with E-state index in [2.05, 4.69) is 34.9 Å². The number of methoxy groups -OCH3 is 1. The number of amides is 2. The maximum Gasteiger partial charge on any atom is 0.407 e. The van der Waals surface area contributed by atoms with Gasteiger partial charge in [0.05, 0.1) is 0 Å². The van der Waals surface area contributed by atoms with Gasteiger partial charge in [0, 0.05) is 26.0 Å². The van der Waals surface area contributed by atoms with Crippen LogP contribution in [0, 0.1) is 5.92 Å². The molecule has 0 radical (unpaired) electrons. The second kappa shape index (κ2) is 10.7. The van der Waals surface area contributed by atoms with Crippen LogP contribution in [0.1, 0.15) is 42.7 Å². The van der Waals surface area contributed by atoms with Gasteiger partial charge in [-0.1, -0.05) is 61.4 Å². The van der Waals surface area contributed by atoms with E-state index in [9.17, 15) is 19.5 Å². The molecule has 2 aliphatic carbocycles. The first-order chi connectivity index (χ1) is 16.5. The monoisotopic (exact) mass is 466 g/mol. The fourth-order valence-corrected chi connectivity index (χ4v) is 4.48. The summed E-state index contributed by atoms with van der Waals surface area (Å²) in [6, 6.07) is 15.3. The van der Waals surface area contributed by atoms with Gasteiger partial charge in [0.15, 0.2) is 0 Å². The Morgan fingerprint density at radius 2 is 1.65 bits per heavy atom. The third-order valence-electron chi connectivity index (χ3n) is 6.48. The average molecular weight is 467 g/mol. The van der Waals surface area contributed by atoms with E-state index in [0.717, 1.165) is 35.1 Å². The fourth-order valence-electron chi connectivity index (χ4n) is 4.48. The summed E-state index contributed by atoms with van der Waals surface area (Å²) < 4.78 is 10.7. The van der Waals surface area contributed by atoms with E-state index in [-0.39, 0.29) is 25.5 Å². The van der Waals surface area contributed by atoms with Crippen molar-refractivity contribution in [3.63, 3.8) is 0 Å². The number of rotatable bonds is 11. The van der Waals surface area contributed by atoms with E-state index in [0.29, 0.717) is 12.3 Å². The highest BCUT2D eigenvalue weighted by molar-refractivity contribution is 5.86. The third-order valence-corrected chi connectivity index (χ3v) is 6.48. The van der Waals surface area contributed by atoms with Crippen LogP contribution >= 0.6 is 0 Å². The number of ether oxygens (including phenoxy) is 2. The summed E-state index contributed by atoms with van der Waals surface area (Å²) in [5.41, 5.74) is 4.57. The normalized spacial score (nSPS) is 16.1. The number of carbonyl (C=O) groups excluding carboxylic acids is 2. The Morgan fingerprint density at radius 3 is 2.21 bits per heavy atom. The van der Waals surface area contributed by atoms with Crippen molar-refractivity contribution in [1.82, 2.24) is 10.6 Å². The van der Waals surface area contributed by atoms with Gasteiger partial charge in [-0.05, 0) is 34.6 Å². The zero-order valence-electron chi connectivity index (χ0n) is 19.2. The Hall–Kier alpha value is -3.39. The summed E-state index contributed by atoms with van der Waals surface area (Å²) in [5, 5.41) is 14.6. The van der Waals surface area contributed by atoms with Crippen LogP contribution in [-0.2, 0) is 19.1 Å². The van der Waals surface area contributed by atoms with Crippen molar-refractivity contribution in [1.29, 1.82) is 0 Å². The number of carboxylic acid groups (broad SMARTS) is 1. The van der Waals surface area contributed by atoms with E-state index in [1.807, 2.05) is 24.3 Å². The molecule has 34 heavy (non-hydrogen) atoms. The van der Waals surface area contributed by atoms with Crippen LogP contribution in [0.4, 0.5) is 4.79 Å². The highest BCUT2D eigenvalue weighted by atomic mass is 16.5. The van der Waals surface area contributed by atoms with Crippen LogP contribution in [0.3, 0.4) is 0 Å². The minimum absolute atomic E-state index is 0.0323. The van der Waals surface area contributed by atoms with E-state index >= 15 is 0 Å². The SMILES string of the molecule is COC(CCNC(=O)OCC1c2ccccc2-c2ccccc21)C(=O)N[C@@H](CC1CC1)C(=O)O. The predicted octanol–water partition coefficient (Wildman–Crippen LogP) is 3.30. The van der Waals surface area contributed by atoms with Crippen molar-refractivity contribution < 1.29 is 29.0 Å². The van der Waals surface area contributed by atoms with Gasteiger partial charge in [0.1, 0.15) is 18.8 Å². The molecule has 2 aromatic carbocycles. The van der Waals surface area contributed by atoms with Gasteiger partial charge < -0.3 is 25.2 Å². The molecule has 0 saturated heterocycles. The Kier molecular flexibility index (Phi) is 7.47. The molecule has 1 saturated carbocycles. The molecule has 2 amide bonds. The third kappa shape index (κ3) is 5.56. The second-order valence-electron chi connectivity index (χ2n) is 8.84. The fraction of sp³-hybridized carbons (Fsp3) is 0.423. The molecule has 1 fully saturated rings. The van der Waals surface area contributed by atoms with Gasteiger partial charge >= 0.3 is 12.1 Å². The number of hydrogen-bond donors (Lipinski definition) is 3. The number of alkyl carbamates (subject to hydrolysis) is 1. The summed E-state index contributed by atoms with van der Waals surface area (Å²) in [5.74, 6) is -1.22. The number of hydrogen-bond acceptors (Lipinski definition) is 5. The molecule has 0 heterocycles. The molecule has 4 rings (SSSR count). The van der Waals surface area contributed by atoms with Crippen molar-refractivity contribution in [2.45, 2.75) is 43.7 Å². The van der Waals surface area contributed by atoms with Crippen molar-refractivity contribution in [3.05, 3.63) is 59.7 Å². The predicted molar refractivity (Wildman–Crippen MR) is 125 cm³/mol. The van der Waals surface area contributed by atoms with Gasteiger partial charge in [-0.15, -0.1) is 0 Å². The van der Waals surface area contributed by atoms with Crippen molar-refractivity contribution in [3.8, 4) is 11.1 Å². The quantitative estimate of drug-likeness (QED) is 0.468. The zero-order chi connectivity index (χ0) is 24.1. The Morgan fingerprint density at radius 1 is 1.03 bits per heavy atom. The molecule has 8 heteroatoms. The molecule has 2 atom stereocenters. The summed E-state index contributed by atoms with van der Waals surface area (Å²) in [6.07, 6.45) is 1.18. The van der Waals surface area contributed by atoms with Crippen molar-refractivity contribution in [2.24, 2.45) is 5.92 Å². The molecule has 2 aliphatic rings. The lowest BCUT2D eigenvalue weighted by Gasteiger charge is -2.20. The highest BCUT2D eigenvalue weighted by Crippen LogP contribution is 2.44. The number of carbonyl (C=O) groups is 3. The molecule has 0 aromatic heterocycles. The van der Waals surface area contributed by atoms with Gasteiger partial charge in [-0.2, -0.15) is 0 Å². The zero-order valence-corrected chi connectivity index (χ0v) is 19.2. The molecule has 3 N–H and O–H groups in total. The molecule has 2 aromatic rings. The van der Waals surface area contributed by atoms with Crippen LogP contribution in [-0.4, -0.2) is 55.5 Å². The Labute approximate surface area is 198 Å². The summed E-state index contributed by atoms with van der Waals surface area (Å²) >= 11 is 0. The number of carboxylic acids is 1. The van der Waals surface area contributed by atoms with Crippen LogP contribution in [0.5, 0.6) is 0 Å². The maximum absolute atomic E-state index is 12.5. The average Bonchev–Trinajstić information content (AvgIpc) is 3.60. The summed E-state index contributed by atoms with van der Waals surface area (Å²) in [4.78, 5) is 36.2. The molecule has 0 bridgehead atoms. The Balaban J connectivity index is 1.25. The minimum Gasteiger partial charge on any atom is -0.480 e. The van der Waals surface area contributed by atoms with Crippen molar-refractivity contribution >= 4 is 18.0 Å². The molecular formula is C26H30N2O6. The number of benzene rings is 2. The molecule has 1 unspecified atom stereocenters. The lowest BCUT2D eigenvalue weighted by molar-refractivity contribution is -0.144. The lowest BCUT2D eigenvalue weighted by atomic mass is 9.98. The number of nitrogens with one attached hydrogen (secondary N) is 2. The molecule has 0 spiro atoms. The summed E-state index contributed by atoms with van der Waals surface area (Å²) in [7, 11) is 1.38. The van der Waals surface area contributed by atoms with Crippen LogP contribution in [0.15, 0.2) is 48.5 Å². The summed E-state index contributed by atoms with van der Waals surface area (Å²) in [6.45, 7) is 0.360. The second-order valence-corrected chi connectivity index (χ2v) is 8.84. The Bertz CT molecular complexity index is 1010. The number of fused-ring (bicyclic) bond motifs is 3. The smallest absolute Gasteiger partial charge is 0.407 e. The highest BCUT2D eigenvalue weighted by Gasteiger charge is 2.32. The molecular weight excluding hydrogens is 436 g/mol. The van der Waals surface area contributed by atoms with Gasteiger partial charge in [-0.25, -0.2) is 9.59 Å². The van der Waals surface area contributed by atoms with Crippen molar-refractivity contribution in [2.75, 3.05) is 20.3 Å². The minimum atomic E-state index is -1.05. The van der Waals surface area contributed by atoms with E-state index in [1.165, 1.54) is 7.11 Å². The number of aliphatic carboxylic acids is 1. The first-order valence-corrected chi connectivity index (χ1v) is 11.6. The standard InChI is InChI=1S/C26H30N2O6/c1-33-23(24(29)28-22(25(30)31)14-16-10-11-16)12-13-27-26(32)34-15-21-19-8-4-2-6-17(19)18-7-3-5-9-20(18)21/h2-9,16,21-23H,10-15H2,1H3,(H,27,32)(H,28,29)(H,30,31)/t22-,23?/m0/s1. The van der Waals surface area contributed by atoms with Gasteiger partial charge in [0.25, 0.3) is 0 Å². The van der Waals surface area contributed by atoms with E-state index in [4.69, 9.17) is 9.47 Å². The van der Waals surface area contributed by atoms with Crippen LogP contribution in [0.25, 0.3) is 11.1 Å². The topological polar surface area (TPSA) is 114 Å². The lowest BCUT2D eigenvalue weighted by Crippen LogP contribution is -2.47. The maximum atomic E-state index is 12.5. The molecule has 180 valence electrons. The van der Waals surface area contributed by atoms with Crippen LogP contribution in [0.2, 0.25) is 0 Å². The van der Waals surface area contributed by atoms with E-state index in [1.54, 1.807) is 0 Å². The van der Waals surface area contributed by atoms with Crippen LogP contribution < -0.4 is 10.6 Å². The van der Waals surface area contributed by atoms with Gasteiger partial charge in [-0.3, -0.25) is 4.79 Å².